The molecule has 2 aliphatic rings. The molecule has 3 atom stereocenters. The molecule has 4 heteroatoms. The van der Waals surface area contributed by atoms with Gasteiger partial charge in [-0.1, -0.05) is 12.2 Å². The molecule has 88 valence electrons. The summed E-state index contributed by atoms with van der Waals surface area (Å²) >= 11 is 0. The largest absolute Gasteiger partial charge is 0.386 e. The van der Waals surface area contributed by atoms with E-state index in [0.717, 1.165) is 0 Å². The van der Waals surface area contributed by atoms with Gasteiger partial charge in [0.25, 0.3) is 0 Å². The van der Waals surface area contributed by atoms with Crippen LogP contribution in [-0.2, 0) is 14.3 Å². The van der Waals surface area contributed by atoms with Crippen molar-refractivity contribution in [3.63, 3.8) is 0 Å². The first-order valence-electron chi connectivity index (χ1n) is 5.28. The molecule has 0 amide bonds. The summed E-state index contributed by atoms with van der Waals surface area (Å²) in [6, 6.07) is 0. The first kappa shape index (κ1) is 11.5. The van der Waals surface area contributed by atoms with Crippen LogP contribution in [0.25, 0.3) is 0 Å². The topological polar surface area (TPSA) is 59.1 Å². The Kier molecular flexibility index (Phi) is 2.74. The van der Waals surface area contributed by atoms with Gasteiger partial charge in [-0.2, -0.15) is 0 Å². The number of ketones is 1. The monoisotopic (exact) mass is 224 g/mol. The van der Waals surface area contributed by atoms with Crippen molar-refractivity contribution in [2.24, 2.45) is 0 Å². The molecule has 1 aliphatic carbocycles. The first-order chi connectivity index (χ1) is 7.44. The number of allylic oxidation sites excluding steroid dienone is 1. The van der Waals surface area contributed by atoms with Gasteiger partial charge in [0.2, 0.25) is 0 Å². The van der Waals surface area contributed by atoms with Gasteiger partial charge < -0.3 is 14.6 Å². The summed E-state index contributed by atoms with van der Waals surface area (Å²) in [5.74, 6) is -0.0570. The summed E-state index contributed by atoms with van der Waals surface area (Å²) in [6.45, 7) is 3.79. The number of ether oxygens (including phenoxy) is 2. The average Bonchev–Trinajstić information content (AvgIpc) is 3.02. The van der Waals surface area contributed by atoms with Crippen LogP contribution in [0, 0.1) is 0 Å². The minimum Gasteiger partial charge on any atom is -0.386 e. The zero-order chi connectivity index (χ0) is 11.9. The van der Waals surface area contributed by atoms with Crippen molar-refractivity contribution in [3.05, 3.63) is 23.8 Å². The molecular formula is C12H16O4. The normalized spacial score (nSPS) is 33.9. The fourth-order valence-electron chi connectivity index (χ4n) is 1.62. The van der Waals surface area contributed by atoms with Crippen LogP contribution in [0.1, 0.15) is 13.8 Å². The smallest absolute Gasteiger partial charge is 0.194 e. The third-order valence-electron chi connectivity index (χ3n) is 2.95. The lowest BCUT2D eigenvalue weighted by Gasteiger charge is -2.18. The summed E-state index contributed by atoms with van der Waals surface area (Å²) in [5.41, 5.74) is 0.0734. The molecule has 0 spiro atoms. The molecule has 0 radical (unpaired) electrons. The molecule has 0 saturated carbocycles. The molecular weight excluding hydrogens is 208 g/mol. The number of carbonyl (C=O) groups excluding carboxylic acids is 1. The number of rotatable bonds is 3. The first-order valence-corrected chi connectivity index (χ1v) is 5.28. The minimum absolute atomic E-state index is 0.0570. The van der Waals surface area contributed by atoms with E-state index < -0.39 is 17.8 Å². The van der Waals surface area contributed by atoms with Crippen LogP contribution in [0.3, 0.4) is 0 Å². The highest BCUT2D eigenvalue weighted by atomic mass is 16.6. The second-order valence-corrected chi connectivity index (χ2v) is 4.64. The molecule has 1 N–H and O–H groups in total. The summed E-state index contributed by atoms with van der Waals surface area (Å²) in [5, 5.41) is 9.58. The van der Waals surface area contributed by atoms with E-state index in [1.807, 2.05) is 13.8 Å². The summed E-state index contributed by atoms with van der Waals surface area (Å²) in [7, 11) is 1.61. The number of epoxide rings is 1. The second kappa shape index (κ2) is 3.80. The van der Waals surface area contributed by atoms with Gasteiger partial charge in [0.1, 0.15) is 18.3 Å². The van der Waals surface area contributed by atoms with E-state index in [9.17, 15) is 9.90 Å². The summed E-state index contributed by atoms with van der Waals surface area (Å²) in [4.78, 5) is 11.7. The van der Waals surface area contributed by atoms with Crippen molar-refractivity contribution < 1.29 is 19.4 Å². The lowest BCUT2D eigenvalue weighted by Crippen LogP contribution is -2.26. The predicted octanol–water partition coefficient (Wildman–Crippen LogP) is 0.605. The number of Topliss-reactive ketones (excluding diaryl/α,β-unsaturated/α-hetero) is 1. The van der Waals surface area contributed by atoms with Crippen LogP contribution in [0.15, 0.2) is 23.8 Å². The fraction of sp³-hybridized carbons (Fsp3) is 0.583. The van der Waals surface area contributed by atoms with Gasteiger partial charge in [0.15, 0.2) is 5.78 Å². The zero-order valence-electron chi connectivity index (χ0n) is 9.64. The standard InChI is InChI=1S/C12H16O4/c1-12(2,15-3)5-4-7-6-8(13)10-11(16-10)9(7)14/h4-6,8,10-11,13H,1-3H3/b5-4+/t8-,10+,11-/m1/s1. The summed E-state index contributed by atoms with van der Waals surface area (Å²) < 4.78 is 10.3. The maximum Gasteiger partial charge on any atom is 0.194 e. The van der Waals surface area contributed by atoms with Crippen LogP contribution in [0.5, 0.6) is 0 Å². The van der Waals surface area contributed by atoms with E-state index in [4.69, 9.17) is 9.47 Å². The number of fused-ring (bicyclic) bond motifs is 1. The molecule has 1 aliphatic heterocycles. The predicted molar refractivity (Wildman–Crippen MR) is 58.0 cm³/mol. The Hall–Kier alpha value is -0.970. The molecule has 0 unspecified atom stereocenters. The third-order valence-corrected chi connectivity index (χ3v) is 2.95. The molecule has 0 aromatic heterocycles. The SMILES string of the molecule is COC(C)(C)/C=C/C1=C[C@@H](O)[C@@H]2O[C@@H]2C1=O. The van der Waals surface area contributed by atoms with Crippen molar-refractivity contribution in [1.29, 1.82) is 0 Å². The van der Waals surface area contributed by atoms with Gasteiger partial charge in [-0.3, -0.25) is 4.79 Å². The molecule has 2 rings (SSSR count). The van der Waals surface area contributed by atoms with Crippen molar-refractivity contribution in [2.75, 3.05) is 7.11 Å². The van der Waals surface area contributed by atoms with E-state index >= 15 is 0 Å². The number of aliphatic hydroxyl groups excluding tert-OH is 1. The summed E-state index contributed by atoms with van der Waals surface area (Å²) in [6.07, 6.45) is 3.59. The molecule has 0 aromatic rings. The Morgan fingerprint density at radius 3 is 2.88 bits per heavy atom. The Bertz CT molecular complexity index is 367. The van der Waals surface area contributed by atoms with Gasteiger partial charge >= 0.3 is 0 Å². The molecule has 1 heterocycles. The van der Waals surface area contributed by atoms with Gasteiger partial charge in [-0.15, -0.1) is 0 Å². The van der Waals surface area contributed by atoms with Crippen molar-refractivity contribution in [2.45, 2.75) is 37.8 Å². The molecule has 1 saturated heterocycles. The maximum absolute atomic E-state index is 11.7. The lowest BCUT2D eigenvalue weighted by molar-refractivity contribution is -0.116. The van der Waals surface area contributed by atoms with Gasteiger partial charge in [-0.05, 0) is 19.9 Å². The Morgan fingerprint density at radius 1 is 1.56 bits per heavy atom. The molecule has 1 fully saturated rings. The third kappa shape index (κ3) is 2.09. The maximum atomic E-state index is 11.7. The van der Waals surface area contributed by atoms with E-state index in [-0.39, 0.29) is 11.9 Å². The fourth-order valence-corrected chi connectivity index (χ4v) is 1.62. The van der Waals surface area contributed by atoms with Gasteiger partial charge in [-0.25, -0.2) is 0 Å². The molecule has 16 heavy (non-hydrogen) atoms. The number of aliphatic hydroxyl groups is 1. The van der Waals surface area contributed by atoms with Crippen LogP contribution >= 0.6 is 0 Å². The number of methoxy groups -OCH3 is 1. The Morgan fingerprint density at radius 2 is 2.25 bits per heavy atom. The highest BCUT2D eigenvalue weighted by Gasteiger charge is 2.52. The number of hydrogen-bond acceptors (Lipinski definition) is 4. The molecule has 0 aromatic carbocycles. The van der Waals surface area contributed by atoms with Crippen LogP contribution in [0.2, 0.25) is 0 Å². The van der Waals surface area contributed by atoms with Crippen LogP contribution in [0.4, 0.5) is 0 Å². The minimum atomic E-state index is -0.673. The highest BCUT2D eigenvalue weighted by Crippen LogP contribution is 2.34. The molecule has 4 nitrogen and oxygen atoms in total. The Balaban J connectivity index is 2.13. The van der Waals surface area contributed by atoms with E-state index in [0.29, 0.717) is 5.57 Å². The van der Waals surface area contributed by atoms with Crippen LogP contribution in [-0.4, -0.2) is 41.9 Å². The van der Waals surface area contributed by atoms with E-state index in [1.165, 1.54) is 0 Å². The highest BCUT2D eigenvalue weighted by molar-refractivity contribution is 6.04. The van der Waals surface area contributed by atoms with Crippen LogP contribution < -0.4 is 0 Å². The number of hydrogen-bond donors (Lipinski definition) is 1. The van der Waals surface area contributed by atoms with Gasteiger partial charge in [0.05, 0.1) is 5.60 Å². The molecule has 0 bridgehead atoms. The van der Waals surface area contributed by atoms with Gasteiger partial charge in [0, 0.05) is 12.7 Å². The van der Waals surface area contributed by atoms with Crippen molar-refractivity contribution >= 4 is 5.78 Å². The van der Waals surface area contributed by atoms with E-state index in [1.54, 1.807) is 25.3 Å². The number of carbonyl (C=O) groups is 1. The second-order valence-electron chi connectivity index (χ2n) is 4.64. The van der Waals surface area contributed by atoms with Crippen molar-refractivity contribution in [1.82, 2.24) is 0 Å². The lowest BCUT2D eigenvalue weighted by atomic mass is 9.94. The Labute approximate surface area is 94.5 Å². The quantitative estimate of drug-likeness (QED) is 0.713. The van der Waals surface area contributed by atoms with E-state index in [2.05, 4.69) is 0 Å². The van der Waals surface area contributed by atoms with Crippen molar-refractivity contribution in [3.8, 4) is 0 Å². The average molecular weight is 224 g/mol. The zero-order valence-corrected chi connectivity index (χ0v) is 9.64.